The van der Waals surface area contributed by atoms with E-state index in [1.54, 1.807) is 17.5 Å². The number of aryl methyl sites for hydroxylation is 1. The number of thiazole rings is 1. The maximum absolute atomic E-state index is 12.7. The Morgan fingerprint density at radius 1 is 1.45 bits per heavy atom. The Balaban J connectivity index is 1.65. The Morgan fingerprint density at radius 3 is 3.09 bits per heavy atom. The van der Waals surface area contributed by atoms with E-state index in [1.165, 1.54) is 6.42 Å². The van der Waals surface area contributed by atoms with Crippen molar-refractivity contribution >= 4 is 17.2 Å². The van der Waals surface area contributed by atoms with Gasteiger partial charge in [0.25, 0.3) is 0 Å². The minimum Gasteiger partial charge on any atom is -0.338 e. The molecule has 1 aliphatic heterocycles. The first-order chi connectivity index (χ1) is 10.8. The highest BCUT2D eigenvalue weighted by atomic mass is 32.1. The quantitative estimate of drug-likeness (QED) is 0.851. The van der Waals surface area contributed by atoms with Crippen molar-refractivity contribution in [2.45, 2.75) is 51.6 Å². The van der Waals surface area contributed by atoms with E-state index in [0.29, 0.717) is 6.42 Å². The minimum atomic E-state index is 0.199. The monoisotopic (exact) mass is 318 g/mol. The van der Waals surface area contributed by atoms with Crippen LogP contribution in [0.25, 0.3) is 0 Å². The lowest BCUT2D eigenvalue weighted by atomic mass is 10.0. The molecule has 1 fully saturated rings. The Bertz CT molecular complexity index is 607. The predicted octanol–water partition coefficient (Wildman–Crippen LogP) is 2.53. The number of aromatic nitrogens is 3. The summed E-state index contributed by atoms with van der Waals surface area (Å²) in [6.07, 6.45) is 8.45. The second-order valence-corrected chi connectivity index (χ2v) is 6.67. The molecule has 0 aromatic carbocycles. The summed E-state index contributed by atoms with van der Waals surface area (Å²) in [4.78, 5) is 19.2. The normalized spacial score (nSPS) is 18.6. The molecule has 0 spiro atoms. The number of piperidine rings is 1. The van der Waals surface area contributed by atoms with Crippen LogP contribution in [0.2, 0.25) is 0 Å². The fourth-order valence-corrected chi connectivity index (χ4v) is 3.74. The standard InChI is InChI=1S/C16H22N4OS/c1-2-15-18-13(12-22-15)10-16(21)20-9-4-3-6-14(20)11-19-8-5-7-17-19/h5,7-8,12,14H,2-4,6,9-11H2,1H3/t14-/m0/s1. The summed E-state index contributed by atoms with van der Waals surface area (Å²) in [6.45, 7) is 3.74. The topological polar surface area (TPSA) is 51.0 Å². The van der Waals surface area contributed by atoms with Crippen molar-refractivity contribution in [1.29, 1.82) is 0 Å². The van der Waals surface area contributed by atoms with Crippen LogP contribution in [0.5, 0.6) is 0 Å². The van der Waals surface area contributed by atoms with Gasteiger partial charge in [0.05, 0.1) is 29.7 Å². The van der Waals surface area contributed by atoms with Gasteiger partial charge in [0.2, 0.25) is 5.91 Å². The van der Waals surface area contributed by atoms with Crippen LogP contribution in [-0.4, -0.2) is 38.2 Å². The van der Waals surface area contributed by atoms with Crippen LogP contribution in [0.4, 0.5) is 0 Å². The van der Waals surface area contributed by atoms with Crippen molar-refractivity contribution < 1.29 is 4.79 Å². The second-order valence-electron chi connectivity index (χ2n) is 5.73. The molecule has 1 aliphatic rings. The summed E-state index contributed by atoms with van der Waals surface area (Å²) >= 11 is 1.65. The Hall–Kier alpha value is -1.69. The van der Waals surface area contributed by atoms with E-state index in [4.69, 9.17) is 0 Å². The highest BCUT2D eigenvalue weighted by molar-refractivity contribution is 7.09. The smallest absolute Gasteiger partial charge is 0.228 e. The van der Waals surface area contributed by atoms with Crippen molar-refractivity contribution in [3.63, 3.8) is 0 Å². The lowest BCUT2D eigenvalue weighted by Crippen LogP contribution is -2.46. The van der Waals surface area contributed by atoms with Crippen molar-refractivity contribution in [1.82, 2.24) is 19.7 Å². The van der Waals surface area contributed by atoms with E-state index < -0.39 is 0 Å². The lowest BCUT2D eigenvalue weighted by Gasteiger charge is -2.35. The zero-order valence-electron chi connectivity index (χ0n) is 12.9. The van der Waals surface area contributed by atoms with Gasteiger partial charge in [-0.3, -0.25) is 9.48 Å². The van der Waals surface area contributed by atoms with Crippen LogP contribution in [0.1, 0.15) is 36.9 Å². The number of amides is 1. The SMILES string of the molecule is CCc1nc(CC(=O)N2CCCC[C@H]2Cn2cccn2)cs1. The summed E-state index contributed by atoms with van der Waals surface area (Å²) in [6, 6.07) is 2.18. The van der Waals surface area contributed by atoms with Gasteiger partial charge < -0.3 is 4.90 Å². The Labute approximate surface area is 135 Å². The molecule has 1 saturated heterocycles. The Morgan fingerprint density at radius 2 is 2.36 bits per heavy atom. The van der Waals surface area contributed by atoms with Gasteiger partial charge in [0.1, 0.15) is 0 Å². The third-order valence-corrected chi connectivity index (χ3v) is 5.18. The second kappa shape index (κ2) is 7.05. The molecule has 0 unspecified atom stereocenters. The van der Waals surface area contributed by atoms with Crippen LogP contribution in [0.3, 0.4) is 0 Å². The summed E-state index contributed by atoms with van der Waals surface area (Å²) in [7, 11) is 0. The summed E-state index contributed by atoms with van der Waals surface area (Å²) in [5.41, 5.74) is 0.912. The van der Waals surface area contributed by atoms with Gasteiger partial charge in [0, 0.05) is 24.3 Å². The molecule has 1 amide bonds. The highest BCUT2D eigenvalue weighted by Crippen LogP contribution is 2.20. The van der Waals surface area contributed by atoms with E-state index in [-0.39, 0.29) is 11.9 Å². The van der Waals surface area contributed by atoms with E-state index >= 15 is 0 Å². The zero-order chi connectivity index (χ0) is 15.4. The molecule has 3 heterocycles. The van der Waals surface area contributed by atoms with E-state index in [2.05, 4.69) is 17.0 Å². The molecule has 0 saturated carbocycles. The largest absolute Gasteiger partial charge is 0.338 e. The number of hydrogen-bond donors (Lipinski definition) is 0. The van der Waals surface area contributed by atoms with Crippen LogP contribution < -0.4 is 0 Å². The molecule has 1 atom stereocenters. The molecule has 5 nitrogen and oxygen atoms in total. The average molecular weight is 318 g/mol. The van der Waals surface area contributed by atoms with E-state index in [0.717, 1.165) is 43.1 Å². The zero-order valence-corrected chi connectivity index (χ0v) is 13.8. The number of carbonyl (C=O) groups excluding carboxylic acids is 1. The van der Waals surface area contributed by atoms with Gasteiger partial charge in [-0.1, -0.05) is 6.92 Å². The fourth-order valence-electron chi connectivity index (χ4n) is 2.99. The molecule has 3 rings (SSSR count). The third kappa shape index (κ3) is 3.55. The molecule has 0 N–H and O–H groups in total. The van der Waals surface area contributed by atoms with Crippen LogP contribution in [0.15, 0.2) is 23.8 Å². The molecular weight excluding hydrogens is 296 g/mol. The molecule has 0 bridgehead atoms. The minimum absolute atomic E-state index is 0.199. The predicted molar refractivity (Wildman–Crippen MR) is 86.8 cm³/mol. The van der Waals surface area contributed by atoms with Gasteiger partial charge >= 0.3 is 0 Å². The molecular formula is C16H22N4OS. The van der Waals surface area contributed by atoms with Crippen LogP contribution >= 0.6 is 11.3 Å². The first-order valence-electron chi connectivity index (χ1n) is 7.96. The lowest BCUT2D eigenvalue weighted by molar-refractivity contribution is -0.134. The maximum Gasteiger partial charge on any atom is 0.228 e. The summed E-state index contributed by atoms with van der Waals surface area (Å²) in [5, 5.41) is 7.39. The van der Waals surface area contributed by atoms with Crippen molar-refractivity contribution in [2.24, 2.45) is 0 Å². The van der Waals surface area contributed by atoms with Crippen molar-refractivity contribution in [3.8, 4) is 0 Å². The van der Waals surface area contributed by atoms with Crippen molar-refractivity contribution in [2.75, 3.05) is 6.54 Å². The first-order valence-corrected chi connectivity index (χ1v) is 8.84. The van der Waals surface area contributed by atoms with Gasteiger partial charge in [-0.05, 0) is 31.7 Å². The summed E-state index contributed by atoms with van der Waals surface area (Å²) in [5.74, 6) is 0.199. The van der Waals surface area contributed by atoms with Gasteiger partial charge in [-0.25, -0.2) is 4.98 Å². The third-order valence-electron chi connectivity index (χ3n) is 4.14. The first kappa shape index (κ1) is 15.2. The molecule has 22 heavy (non-hydrogen) atoms. The highest BCUT2D eigenvalue weighted by Gasteiger charge is 2.27. The molecule has 6 heteroatoms. The van der Waals surface area contributed by atoms with Gasteiger partial charge in [-0.15, -0.1) is 11.3 Å². The number of hydrogen-bond acceptors (Lipinski definition) is 4. The van der Waals surface area contributed by atoms with Crippen LogP contribution in [-0.2, 0) is 24.2 Å². The van der Waals surface area contributed by atoms with Gasteiger partial charge in [-0.2, -0.15) is 5.10 Å². The number of carbonyl (C=O) groups is 1. The average Bonchev–Trinajstić information content (AvgIpc) is 3.19. The maximum atomic E-state index is 12.7. The molecule has 0 aliphatic carbocycles. The number of likely N-dealkylation sites (tertiary alicyclic amines) is 1. The molecule has 2 aromatic rings. The molecule has 118 valence electrons. The van der Waals surface area contributed by atoms with Crippen LogP contribution in [0, 0.1) is 0 Å². The molecule has 2 aromatic heterocycles. The number of nitrogens with zero attached hydrogens (tertiary/aromatic N) is 4. The van der Waals surface area contributed by atoms with E-state index in [9.17, 15) is 4.79 Å². The fraction of sp³-hybridized carbons (Fsp3) is 0.562. The van der Waals surface area contributed by atoms with E-state index in [1.807, 2.05) is 27.2 Å². The van der Waals surface area contributed by atoms with Crippen molar-refractivity contribution in [3.05, 3.63) is 34.5 Å². The number of rotatable bonds is 5. The molecule has 0 radical (unpaired) electrons. The summed E-state index contributed by atoms with van der Waals surface area (Å²) < 4.78 is 1.92. The van der Waals surface area contributed by atoms with Gasteiger partial charge in [0.15, 0.2) is 0 Å². The Kier molecular flexibility index (Phi) is 4.87.